The summed E-state index contributed by atoms with van der Waals surface area (Å²) in [6.07, 6.45) is 23.6. The standard InChI is InChI=1S/C18H33P.C10H14.C7H6.4ClH.2Ru/c1-4-10-16(11-5-1)19(17-12-6-2-7-13-17)18-14-8-3-9-15-18;1-8(2)10-6-4-9(3)5-7-10;1-7-5-3-2-4-6-7;;;;;;/h16-18H,1-15H2;4-8H,1-3H3;1-6H;4*1H;;/q;;;;;;;2*+2/p-4. The predicted octanol–water partition coefficient (Wildman–Crippen LogP) is 13.7. The van der Waals surface area contributed by atoms with E-state index in [0.717, 1.165) is 5.56 Å². The first-order valence-corrected chi connectivity index (χ1v) is 27.4. The zero-order valence-corrected chi connectivity index (χ0v) is 33.3. The number of halogens is 4. The Hall–Kier alpha value is 1.15. The van der Waals surface area contributed by atoms with Crippen LogP contribution in [0.4, 0.5) is 0 Å². The monoisotopic (exact) mass is 848 g/mol. The third-order valence-corrected chi connectivity index (χ3v) is 14.7. The van der Waals surface area contributed by atoms with Crippen LogP contribution in [0.2, 0.25) is 0 Å². The van der Waals surface area contributed by atoms with Crippen LogP contribution in [0.25, 0.3) is 0 Å². The summed E-state index contributed by atoms with van der Waals surface area (Å²) in [6, 6.07) is 18.6. The normalized spacial score (nSPS) is 18.6. The molecule has 3 fully saturated rings. The van der Waals surface area contributed by atoms with E-state index in [9.17, 15) is 0 Å². The Bertz CT molecular complexity index is 906. The molecule has 0 amide bonds. The molecule has 0 aromatic heterocycles. The van der Waals surface area contributed by atoms with E-state index in [0.29, 0.717) is 13.8 Å². The minimum atomic E-state index is -1.61. The van der Waals surface area contributed by atoms with Gasteiger partial charge in [0.1, 0.15) is 0 Å². The van der Waals surface area contributed by atoms with E-state index in [1.54, 1.807) is 77.0 Å². The third kappa shape index (κ3) is 16.6. The summed E-state index contributed by atoms with van der Waals surface area (Å²) in [4.78, 5) is 0. The predicted molar refractivity (Wildman–Crippen MR) is 188 cm³/mol. The number of aryl methyl sites for hydroxylation is 1. The van der Waals surface area contributed by atoms with Gasteiger partial charge in [0.25, 0.3) is 0 Å². The molecule has 3 aliphatic carbocycles. The molecule has 3 saturated carbocycles. The molecular weight excluding hydrogens is 795 g/mol. The van der Waals surface area contributed by atoms with Gasteiger partial charge in [-0.3, -0.25) is 0 Å². The fraction of sp³-hybridized carbons (Fsp3) is 0.629. The van der Waals surface area contributed by atoms with Gasteiger partial charge in [0.15, 0.2) is 0 Å². The zero-order chi connectivity index (χ0) is 30.6. The van der Waals surface area contributed by atoms with Crippen LogP contribution in [0, 0.1) is 6.92 Å². The van der Waals surface area contributed by atoms with Crippen LogP contribution in [-0.2, 0) is 28.7 Å². The van der Waals surface area contributed by atoms with Crippen molar-refractivity contribution in [2.75, 3.05) is 0 Å². The van der Waals surface area contributed by atoms with Gasteiger partial charge >= 0.3 is 108 Å². The number of hydrogen-bond acceptors (Lipinski definition) is 0. The summed E-state index contributed by atoms with van der Waals surface area (Å²) in [5.41, 5.74) is 7.45. The van der Waals surface area contributed by atoms with Crippen molar-refractivity contribution in [2.24, 2.45) is 0 Å². The van der Waals surface area contributed by atoms with Crippen LogP contribution in [0.5, 0.6) is 0 Å². The van der Waals surface area contributed by atoms with Crippen molar-refractivity contribution < 1.29 is 28.7 Å². The van der Waals surface area contributed by atoms with E-state index in [1.165, 1.54) is 47.4 Å². The fourth-order valence-electron chi connectivity index (χ4n) is 6.59. The molecular formula is C35H53Cl4PRu2. The summed E-state index contributed by atoms with van der Waals surface area (Å²) in [6.45, 7) is 6.54. The molecule has 7 heteroatoms. The van der Waals surface area contributed by atoms with Crippen LogP contribution in [0.3, 0.4) is 0 Å². The molecule has 0 bridgehead atoms. The average Bonchev–Trinajstić information content (AvgIpc) is 3.01. The molecule has 0 spiro atoms. The first-order chi connectivity index (χ1) is 20.3. The van der Waals surface area contributed by atoms with E-state index in [4.69, 9.17) is 38.8 Å². The summed E-state index contributed by atoms with van der Waals surface area (Å²) >= 11 is -1.96. The van der Waals surface area contributed by atoms with Gasteiger partial charge in [-0.05, 0) is 73.9 Å². The molecule has 0 nitrogen and oxygen atoms in total. The van der Waals surface area contributed by atoms with Crippen LogP contribution in [0.15, 0.2) is 54.6 Å². The Kier molecular flexibility index (Phi) is 22.8. The van der Waals surface area contributed by atoms with Crippen molar-refractivity contribution in [3.8, 4) is 0 Å². The van der Waals surface area contributed by atoms with Crippen LogP contribution < -0.4 is 0 Å². The van der Waals surface area contributed by atoms with Crippen molar-refractivity contribution in [3.63, 3.8) is 0 Å². The van der Waals surface area contributed by atoms with Crippen LogP contribution >= 0.6 is 46.7 Å². The second kappa shape index (κ2) is 24.3. The quantitative estimate of drug-likeness (QED) is 0.208. The third-order valence-electron chi connectivity index (χ3n) is 8.73. The zero-order valence-electron chi connectivity index (χ0n) is 25.9. The van der Waals surface area contributed by atoms with Gasteiger partial charge in [-0.1, -0.05) is 109 Å². The summed E-state index contributed by atoms with van der Waals surface area (Å²) < 4.78 is 1.92. The van der Waals surface area contributed by atoms with E-state index in [-0.39, 0.29) is 15.1 Å². The van der Waals surface area contributed by atoms with Gasteiger partial charge in [-0.2, -0.15) is 0 Å². The van der Waals surface area contributed by atoms with Crippen molar-refractivity contribution in [1.29, 1.82) is 0 Å². The van der Waals surface area contributed by atoms with Gasteiger partial charge in [-0.15, -0.1) is 0 Å². The molecule has 0 unspecified atom stereocenters. The molecule has 0 heterocycles. The van der Waals surface area contributed by atoms with Crippen molar-refractivity contribution in [1.82, 2.24) is 0 Å². The van der Waals surface area contributed by atoms with Gasteiger partial charge in [0.2, 0.25) is 0 Å². The maximum absolute atomic E-state index is 5.67. The Labute approximate surface area is 288 Å². The second-order valence-electron chi connectivity index (χ2n) is 12.2. The fourth-order valence-corrected chi connectivity index (χ4v) is 13.1. The van der Waals surface area contributed by atoms with Crippen LogP contribution in [0.1, 0.15) is 133 Å². The van der Waals surface area contributed by atoms with E-state index >= 15 is 0 Å². The molecule has 0 atom stereocenters. The average molecular weight is 849 g/mol. The Balaban J connectivity index is 0.000000228. The molecule has 42 heavy (non-hydrogen) atoms. The van der Waals surface area contributed by atoms with Gasteiger partial charge in [0.05, 0.1) is 0 Å². The Morgan fingerprint density at radius 1 is 0.667 bits per heavy atom. The Morgan fingerprint density at radius 2 is 1.05 bits per heavy atom. The van der Waals surface area contributed by atoms with Gasteiger partial charge in [0, 0.05) is 0 Å². The molecule has 2 aromatic carbocycles. The summed E-state index contributed by atoms with van der Waals surface area (Å²) in [5, 5.41) is 0. The van der Waals surface area contributed by atoms with E-state index in [2.05, 4.69) is 45.0 Å². The first-order valence-electron chi connectivity index (χ1n) is 15.9. The SMILES string of the molecule is C1CCC(P(C2CCCCC2)C2CCCCC2)CC1.Cc1ccc(C(C)C)cc1.[Cl][Ru]([Cl])=[CH]c1ccccc1.[Cl][Ru][Cl]. The maximum atomic E-state index is 5.67. The molecule has 5 rings (SSSR count). The molecule has 3 aliphatic rings. The van der Waals surface area contributed by atoms with Crippen molar-refractivity contribution in [3.05, 3.63) is 71.3 Å². The van der Waals surface area contributed by atoms with Gasteiger partial charge in [-0.25, -0.2) is 0 Å². The summed E-state index contributed by atoms with van der Waals surface area (Å²) in [5.74, 6) is 0.653. The number of rotatable bonds is 5. The minimum absolute atomic E-state index is 0.346. The molecule has 0 aliphatic heterocycles. The number of hydrogen-bond donors (Lipinski definition) is 0. The van der Waals surface area contributed by atoms with Crippen molar-refractivity contribution in [2.45, 2.75) is 140 Å². The van der Waals surface area contributed by atoms with Crippen LogP contribution in [-0.4, -0.2) is 21.6 Å². The molecule has 242 valence electrons. The second-order valence-corrected chi connectivity index (χ2v) is 23.6. The topological polar surface area (TPSA) is 0 Å². The Morgan fingerprint density at radius 3 is 1.38 bits per heavy atom. The molecule has 0 saturated heterocycles. The number of benzene rings is 2. The molecule has 2 aromatic rings. The van der Waals surface area contributed by atoms with E-state index < -0.39 is 13.5 Å². The van der Waals surface area contributed by atoms with E-state index in [1.807, 2.05) is 34.9 Å². The van der Waals surface area contributed by atoms with Crippen molar-refractivity contribution >= 4 is 51.3 Å². The molecule has 0 radical (unpaired) electrons. The summed E-state index contributed by atoms with van der Waals surface area (Å²) in [7, 11) is 21.4. The van der Waals surface area contributed by atoms with Gasteiger partial charge < -0.3 is 0 Å². The first kappa shape index (κ1) is 39.3. The molecule has 0 N–H and O–H groups in total.